The van der Waals surface area contributed by atoms with Crippen molar-refractivity contribution in [1.29, 1.82) is 0 Å². The van der Waals surface area contributed by atoms with Gasteiger partial charge in [0.2, 0.25) is 0 Å². The van der Waals surface area contributed by atoms with Crippen molar-refractivity contribution in [1.82, 2.24) is 4.90 Å². The summed E-state index contributed by atoms with van der Waals surface area (Å²) in [5, 5.41) is 0. The van der Waals surface area contributed by atoms with Crippen LogP contribution in [0.5, 0.6) is 0 Å². The van der Waals surface area contributed by atoms with Crippen molar-refractivity contribution < 1.29 is 9.53 Å². The quantitative estimate of drug-likeness (QED) is 0.614. The number of carbonyl (C=O) groups excluding carboxylic acids is 1. The van der Waals surface area contributed by atoms with Gasteiger partial charge in [-0.25, -0.2) is 4.79 Å². The molecule has 0 atom stereocenters. The van der Waals surface area contributed by atoms with Crippen molar-refractivity contribution in [3.05, 3.63) is 28.2 Å². The third-order valence-corrected chi connectivity index (χ3v) is 5.84. The highest BCUT2D eigenvalue weighted by atomic mass is 79.9. The zero-order valence-corrected chi connectivity index (χ0v) is 18.4. The number of hydrogen-bond acceptors (Lipinski definition) is 3. The fraction of sp³-hybridized carbons (Fsp3) is 0.667. The molecule has 0 N–H and O–H groups in total. The van der Waals surface area contributed by atoms with Crippen molar-refractivity contribution >= 4 is 27.7 Å². The van der Waals surface area contributed by atoms with Crippen molar-refractivity contribution in [2.24, 2.45) is 5.92 Å². The average molecular weight is 425 g/mol. The zero-order valence-electron chi connectivity index (χ0n) is 16.8. The second-order valence-electron chi connectivity index (χ2n) is 8.41. The Bertz CT molecular complexity index is 605. The molecule has 26 heavy (non-hydrogen) atoms. The van der Waals surface area contributed by atoms with Crippen LogP contribution < -0.4 is 4.90 Å². The van der Waals surface area contributed by atoms with E-state index in [1.807, 2.05) is 25.7 Å². The van der Waals surface area contributed by atoms with Crippen molar-refractivity contribution in [2.75, 3.05) is 31.6 Å². The predicted molar refractivity (Wildman–Crippen MR) is 112 cm³/mol. The maximum Gasteiger partial charge on any atom is 0.410 e. The molecule has 1 aromatic carbocycles. The van der Waals surface area contributed by atoms with Crippen LogP contribution in [0.4, 0.5) is 10.5 Å². The van der Waals surface area contributed by atoms with Crippen LogP contribution in [0.1, 0.15) is 52.0 Å². The zero-order chi connectivity index (χ0) is 19.3. The van der Waals surface area contributed by atoms with Crippen LogP contribution in [0.25, 0.3) is 0 Å². The summed E-state index contributed by atoms with van der Waals surface area (Å²) in [7, 11) is 2.16. The maximum atomic E-state index is 12.1. The molecule has 1 aliphatic heterocycles. The minimum Gasteiger partial charge on any atom is -0.444 e. The molecule has 0 saturated carbocycles. The van der Waals surface area contributed by atoms with Crippen molar-refractivity contribution in [3.8, 4) is 0 Å². The first-order valence-corrected chi connectivity index (χ1v) is 10.4. The Labute approximate surface area is 167 Å². The number of anilines is 1. The number of halogens is 1. The van der Waals surface area contributed by atoms with E-state index in [0.29, 0.717) is 5.92 Å². The topological polar surface area (TPSA) is 32.8 Å². The van der Waals surface area contributed by atoms with Crippen LogP contribution in [-0.4, -0.2) is 43.3 Å². The molecule has 0 aliphatic carbocycles. The van der Waals surface area contributed by atoms with Crippen LogP contribution in [-0.2, 0) is 4.74 Å². The number of ether oxygens (including phenoxy) is 1. The third kappa shape index (κ3) is 6.49. The Balaban J connectivity index is 1.70. The summed E-state index contributed by atoms with van der Waals surface area (Å²) in [4.78, 5) is 16.3. The summed E-state index contributed by atoms with van der Waals surface area (Å²) in [6, 6.07) is 6.51. The van der Waals surface area contributed by atoms with E-state index in [4.69, 9.17) is 4.74 Å². The lowest BCUT2D eigenvalue weighted by atomic mass is 9.92. The number of benzene rings is 1. The SMILES string of the molecule is Cc1cc(N(C)CCCC2CCN(C(=O)OC(C)(C)C)CC2)ccc1Br. The highest BCUT2D eigenvalue weighted by molar-refractivity contribution is 9.10. The normalized spacial score (nSPS) is 15.8. The summed E-state index contributed by atoms with van der Waals surface area (Å²) >= 11 is 3.56. The highest BCUT2D eigenvalue weighted by Gasteiger charge is 2.26. The van der Waals surface area contributed by atoms with Crippen LogP contribution in [0.3, 0.4) is 0 Å². The van der Waals surface area contributed by atoms with Gasteiger partial charge in [-0.05, 0) is 83.1 Å². The summed E-state index contributed by atoms with van der Waals surface area (Å²) in [6.07, 6.45) is 4.41. The lowest BCUT2D eigenvalue weighted by Gasteiger charge is -2.33. The molecule has 5 heteroatoms. The van der Waals surface area contributed by atoms with E-state index in [2.05, 4.69) is 53.0 Å². The van der Waals surface area contributed by atoms with Crippen LogP contribution >= 0.6 is 15.9 Å². The van der Waals surface area contributed by atoms with E-state index >= 15 is 0 Å². The number of nitrogens with zero attached hydrogens (tertiary/aromatic N) is 2. The summed E-state index contributed by atoms with van der Waals surface area (Å²) in [6.45, 7) is 10.6. The second kappa shape index (κ2) is 9.12. The molecule has 0 aromatic heterocycles. The first kappa shape index (κ1) is 21.1. The Morgan fingerprint density at radius 1 is 1.31 bits per heavy atom. The maximum absolute atomic E-state index is 12.1. The monoisotopic (exact) mass is 424 g/mol. The van der Waals surface area contributed by atoms with Gasteiger partial charge in [-0.15, -0.1) is 0 Å². The Morgan fingerprint density at radius 3 is 2.54 bits per heavy atom. The van der Waals surface area contributed by atoms with Crippen LogP contribution in [0.2, 0.25) is 0 Å². The van der Waals surface area contributed by atoms with E-state index < -0.39 is 5.60 Å². The number of rotatable bonds is 5. The number of piperidine rings is 1. The van der Waals surface area contributed by atoms with Crippen molar-refractivity contribution in [2.45, 2.75) is 59.0 Å². The molecule has 0 spiro atoms. The molecule has 1 heterocycles. The fourth-order valence-electron chi connectivity index (χ4n) is 3.34. The van der Waals surface area contributed by atoms with Gasteiger partial charge in [-0.2, -0.15) is 0 Å². The molecule has 1 aromatic rings. The number of aryl methyl sites for hydroxylation is 1. The fourth-order valence-corrected chi connectivity index (χ4v) is 3.59. The molecule has 0 bridgehead atoms. The van der Waals surface area contributed by atoms with Gasteiger partial charge >= 0.3 is 6.09 Å². The molecule has 1 amide bonds. The van der Waals surface area contributed by atoms with Gasteiger partial charge in [-0.3, -0.25) is 0 Å². The molecule has 1 saturated heterocycles. The lowest BCUT2D eigenvalue weighted by Crippen LogP contribution is -2.41. The summed E-state index contributed by atoms with van der Waals surface area (Å²) < 4.78 is 6.63. The summed E-state index contributed by atoms with van der Waals surface area (Å²) in [5.74, 6) is 0.716. The highest BCUT2D eigenvalue weighted by Crippen LogP contribution is 2.25. The van der Waals surface area contributed by atoms with Crippen LogP contribution in [0, 0.1) is 12.8 Å². The minimum atomic E-state index is -0.413. The van der Waals surface area contributed by atoms with E-state index in [-0.39, 0.29) is 6.09 Å². The van der Waals surface area contributed by atoms with Crippen LogP contribution in [0.15, 0.2) is 22.7 Å². The van der Waals surface area contributed by atoms with Gasteiger partial charge in [0.15, 0.2) is 0 Å². The minimum absolute atomic E-state index is 0.165. The smallest absolute Gasteiger partial charge is 0.410 e. The largest absolute Gasteiger partial charge is 0.444 e. The lowest BCUT2D eigenvalue weighted by molar-refractivity contribution is 0.0181. The van der Waals surface area contributed by atoms with Gasteiger partial charge in [0.25, 0.3) is 0 Å². The average Bonchev–Trinajstić information content (AvgIpc) is 2.56. The number of hydrogen-bond donors (Lipinski definition) is 0. The van der Waals surface area contributed by atoms with Gasteiger partial charge < -0.3 is 14.5 Å². The first-order valence-electron chi connectivity index (χ1n) is 9.61. The van der Waals surface area contributed by atoms with Gasteiger partial charge in [0.05, 0.1) is 0 Å². The molecule has 4 nitrogen and oxygen atoms in total. The van der Waals surface area contributed by atoms with E-state index in [0.717, 1.165) is 36.9 Å². The number of likely N-dealkylation sites (tertiary alicyclic amines) is 1. The standard InChI is InChI=1S/C21H33BrN2O2/c1-16-15-18(8-9-19(16)22)23(5)12-6-7-17-10-13-24(14-11-17)20(25)26-21(2,3)4/h8-9,15,17H,6-7,10-14H2,1-5H3. The molecule has 0 radical (unpaired) electrons. The Hall–Kier alpha value is -1.23. The van der Waals surface area contributed by atoms with E-state index in [1.54, 1.807) is 0 Å². The molecule has 146 valence electrons. The Kier molecular flexibility index (Phi) is 7.39. The predicted octanol–water partition coefficient (Wildman–Crippen LogP) is 5.62. The van der Waals surface area contributed by atoms with Gasteiger partial charge in [0, 0.05) is 36.8 Å². The Morgan fingerprint density at radius 2 is 1.96 bits per heavy atom. The molecule has 1 aliphatic rings. The van der Waals surface area contributed by atoms with Crippen molar-refractivity contribution in [3.63, 3.8) is 0 Å². The van der Waals surface area contributed by atoms with E-state index in [9.17, 15) is 4.79 Å². The molecular weight excluding hydrogens is 392 g/mol. The number of carbonyl (C=O) groups is 1. The third-order valence-electron chi connectivity index (χ3n) is 4.95. The van der Waals surface area contributed by atoms with Gasteiger partial charge in [0.1, 0.15) is 5.60 Å². The molecule has 2 rings (SSSR count). The van der Waals surface area contributed by atoms with E-state index in [1.165, 1.54) is 24.1 Å². The molecule has 0 unspecified atom stereocenters. The first-order chi connectivity index (χ1) is 12.2. The molecule has 1 fully saturated rings. The number of amides is 1. The molecular formula is C21H33BrN2O2. The second-order valence-corrected chi connectivity index (χ2v) is 9.26. The van der Waals surface area contributed by atoms with Gasteiger partial charge in [-0.1, -0.05) is 15.9 Å². The summed E-state index contributed by atoms with van der Waals surface area (Å²) in [5.41, 5.74) is 2.12.